The maximum Gasteiger partial charge on any atom is 0.316 e. The third-order valence-corrected chi connectivity index (χ3v) is 3.33. The molecule has 5 nitrogen and oxygen atoms in total. The number of nitrogens with zero attached hydrogens (tertiary/aromatic N) is 1. The van der Waals surface area contributed by atoms with Crippen molar-refractivity contribution in [3.8, 4) is 0 Å². The summed E-state index contributed by atoms with van der Waals surface area (Å²) in [5.41, 5.74) is 8.62. The van der Waals surface area contributed by atoms with Gasteiger partial charge in [0.15, 0.2) is 5.15 Å². The van der Waals surface area contributed by atoms with Crippen LogP contribution in [0.5, 0.6) is 0 Å². The second-order valence-corrected chi connectivity index (χ2v) is 5.19. The van der Waals surface area contributed by atoms with Crippen LogP contribution in [0.1, 0.15) is 24.1 Å². The van der Waals surface area contributed by atoms with Gasteiger partial charge in [-0.3, -0.25) is 0 Å². The smallest absolute Gasteiger partial charge is 0.316 e. The number of benzene rings is 1. The number of nitrogens with one attached hydrogen (secondary N) is 2. The van der Waals surface area contributed by atoms with Crippen molar-refractivity contribution < 1.29 is 4.79 Å². The van der Waals surface area contributed by atoms with Crippen molar-refractivity contribution in [3.63, 3.8) is 0 Å². The molecule has 6 heteroatoms. The first kappa shape index (κ1) is 15.1. The van der Waals surface area contributed by atoms with Crippen LogP contribution in [0.2, 0.25) is 5.15 Å². The normalized spacial score (nSPS) is 11.8. The highest BCUT2D eigenvalue weighted by Gasteiger charge is 2.09. The summed E-state index contributed by atoms with van der Waals surface area (Å²) in [6.45, 7) is 3.98. The number of carbonyl (C=O) groups excluding carboxylic acids is 1. The van der Waals surface area contributed by atoms with E-state index in [1.54, 1.807) is 18.3 Å². The lowest BCUT2D eigenvalue weighted by Crippen LogP contribution is -2.19. The summed E-state index contributed by atoms with van der Waals surface area (Å²) in [7, 11) is 0. The van der Waals surface area contributed by atoms with Gasteiger partial charge in [0.2, 0.25) is 0 Å². The summed E-state index contributed by atoms with van der Waals surface area (Å²) < 4.78 is 0. The molecule has 2 rings (SSSR count). The number of carbonyl (C=O) groups is 1. The Morgan fingerprint density at radius 3 is 2.62 bits per heavy atom. The quantitative estimate of drug-likeness (QED) is 0.753. The Bertz CT molecular complexity index is 643. The fourth-order valence-corrected chi connectivity index (χ4v) is 2.13. The molecule has 0 aliphatic carbocycles. The Morgan fingerprint density at radius 1 is 1.33 bits per heavy atom. The average molecular weight is 305 g/mol. The average Bonchev–Trinajstić information content (AvgIpc) is 2.43. The molecule has 0 radical (unpaired) electrons. The van der Waals surface area contributed by atoms with Gasteiger partial charge in [0.1, 0.15) is 0 Å². The van der Waals surface area contributed by atoms with Gasteiger partial charge in [-0.05, 0) is 43.2 Å². The molecule has 0 aliphatic rings. The Balaban J connectivity index is 2.11. The fraction of sp³-hybridized carbons (Fsp3) is 0.200. The molecule has 0 bridgehead atoms. The van der Waals surface area contributed by atoms with Crippen molar-refractivity contribution in [2.24, 2.45) is 5.73 Å². The first-order valence-electron chi connectivity index (χ1n) is 6.51. The van der Waals surface area contributed by atoms with Gasteiger partial charge in [-0.1, -0.05) is 23.7 Å². The van der Waals surface area contributed by atoms with Gasteiger partial charge < -0.3 is 16.4 Å². The fourth-order valence-electron chi connectivity index (χ4n) is 1.97. The number of halogens is 1. The number of rotatable bonds is 4. The van der Waals surface area contributed by atoms with Crippen molar-refractivity contribution in [3.05, 3.63) is 52.8 Å². The van der Waals surface area contributed by atoms with E-state index in [4.69, 9.17) is 17.3 Å². The number of hydrogen-bond acceptors (Lipinski definition) is 3. The molecule has 0 saturated heterocycles. The van der Waals surface area contributed by atoms with Gasteiger partial charge in [0.05, 0.1) is 5.69 Å². The minimum absolute atomic E-state index is 0.0497. The number of primary amides is 1. The predicted octanol–water partition coefficient (Wildman–Crippen LogP) is 3.71. The maximum atomic E-state index is 10.8. The number of pyridine rings is 1. The summed E-state index contributed by atoms with van der Waals surface area (Å²) in [5.74, 6) is 0. The molecule has 110 valence electrons. The topological polar surface area (TPSA) is 80.0 Å². The van der Waals surface area contributed by atoms with E-state index in [0.717, 1.165) is 16.8 Å². The molecule has 0 fully saturated rings. The maximum absolute atomic E-state index is 10.8. The number of aromatic nitrogens is 1. The molecule has 1 unspecified atom stereocenters. The minimum atomic E-state index is -0.577. The van der Waals surface area contributed by atoms with Gasteiger partial charge in [0, 0.05) is 17.9 Å². The summed E-state index contributed by atoms with van der Waals surface area (Å²) in [6, 6.07) is 8.86. The number of aryl methyl sites for hydroxylation is 1. The molecule has 1 aromatic heterocycles. The first-order chi connectivity index (χ1) is 9.95. The van der Waals surface area contributed by atoms with Crippen molar-refractivity contribution >= 4 is 29.0 Å². The van der Waals surface area contributed by atoms with E-state index in [0.29, 0.717) is 10.8 Å². The lowest BCUT2D eigenvalue weighted by molar-refractivity contribution is 0.259. The zero-order valence-electron chi connectivity index (χ0n) is 11.9. The molecule has 21 heavy (non-hydrogen) atoms. The number of nitrogens with two attached hydrogens (primary N) is 1. The molecular weight excluding hydrogens is 288 g/mol. The second kappa shape index (κ2) is 6.45. The highest BCUT2D eigenvalue weighted by molar-refractivity contribution is 6.32. The molecule has 2 aromatic rings. The number of anilines is 2. The largest absolute Gasteiger partial charge is 0.376 e. The first-order valence-corrected chi connectivity index (χ1v) is 6.88. The summed E-state index contributed by atoms with van der Waals surface area (Å²) in [6.07, 6.45) is 1.72. The highest BCUT2D eigenvalue weighted by atomic mass is 35.5. The van der Waals surface area contributed by atoms with Gasteiger partial charge >= 0.3 is 6.03 Å². The molecule has 0 aliphatic heterocycles. The van der Waals surface area contributed by atoms with Crippen LogP contribution in [0.3, 0.4) is 0 Å². The van der Waals surface area contributed by atoms with Crippen LogP contribution in [0.25, 0.3) is 0 Å². The van der Waals surface area contributed by atoms with Crippen molar-refractivity contribution in [2.45, 2.75) is 19.9 Å². The number of amides is 2. The molecular formula is C15H17ClN4O. The third kappa shape index (κ3) is 4.10. The Morgan fingerprint density at radius 2 is 2.00 bits per heavy atom. The monoisotopic (exact) mass is 304 g/mol. The number of urea groups is 1. The zero-order valence-corrected chi connectivity index (χ0v) is 12.6. The lowest BCUT2D eigenvalue weighted by Gasteiger charge is -2.17. The summed E-state index contributed by atoms with van der Waals surface area (Å²) in [5, 5.41) is 6.29. The highest BCUT2D eigenvalue weighted by Crippen LogP contribution is 2.25. The van der Waals surface area contributed by atoms with E-state index in [1.807, 2.05) is 32.0 Å². The standard InChI is InChI=1S/C15H17ClN4O/c1-9-7-13(14(16)18-8-9)19-10(2)11-3-5-12(6-4-11)20-15(17)21/h3-8,10,19H,1-2H3,(H3,17,20,21). The minimum Gasteiger partial charge on any atom is -0.376 e. The van der Waals surface area contributed by atoms with Crippen molar-refractivity contribution in [1.29, 1.82) is 0 Å². The van der Waals surface area contributed by atoms with E-state index >= 15 is 0 Å². The lowest BCUT2D eigenvalue weighted by atomic mass is 10.1. The Kier molecular flexibility index (Phi) is 4.65. The van der Waals surface area contributed by atoms with E-state index in [-0.39, 0.29) is 6.04 Å². The third-order valence-electron chi connectivity index (χ3n) is 3.03. The summed E-state index contributed by atoms with van der Waals surface area (Å²) >= 11 is 6.08. The molecule has 4 N–H and O–H groups in total. The van der Waals surface area contributed by atoms with E-state index in [2.05, 4.69) is 15.6 Å². The van der Waals surface area contributed by atoms with Crippen molar-refractivity contribution in [1.82, 2.24) is 4.98 Å². The van der Waals surface area contributed by atoms with Gasteiger partial charge in [-0.25, -0.2) is 9.78 Å². The van der Waals surface area contributed by atoms with Crippen LogP contribution in [0.15, 0.2) is 36.5 Å². The molecule has 0 spiro atoms. The molecule has 1 atom stereocenters. The molecule has 1 heterocycles. The van der Waals surface area contributed by atoms with E-state index in [9.17, 15) is 4.79 Å². The van der Waals surface area contributed by atoms with Gasteiger partial charge in [-0.15, -0.1) is 0 Å². The van der Waals surface area contributed by atoms with E-state index < -0.39 is 6.03 Å². The van der Waals surface area contributed by atoms with Crippen LogP contribution in [-0.4, -0.2) is 11.0 Å². The van der Waals surface area contributed by atoms with Crippen LogP contribution in [0, 0.1) is 6.92 Å². The Labute approximate surface area is 128 Å². The second-order valence-electron chi connectivity index (χ2n) is 4.83. The van der Waals surface area contributed by atoms with Crippen LogP contribution in [-0.2, 0) is 0 Å². The van der Waals surface area contributed by atoms with Gasteiger partial charge in [0.25, 0.3) is 0 Å². The van der Waals surface area contributed by atoms with E-state index in [1.165, 1.54) is 0 Å². The predicted molar refractivity (Wildman–Crippen MR) is 85.7 cm³/mol. The van der Waals surface area contributed by atoms with Crippen molar-refractivity contribution in [2.75, 3.05) is 10.6 Å². The molecule has 0 saturated carbocycles. The van der Waals surface area contributed by atoms with Gasteiger partial charge in [-0.2, -0.15) is 0 Å². The summed E-state index contributed by atoms with van der Waals surface area (Å²) in [4.78, 5) is 14.9. The zero-order chi connectivity index (χ0) is 15.4. The van der Waals surface area contributed by atoms with Crippen LogP contribution < -0.4 is 16.4 Å². The SMILES string of the molecule is Cc1cnc(Cl)c(NC(C)c2ccc(NC(N)=O)cc2)c1. The molecule has 1 aromatic carbocycles. The van der Waals surface area contributed by atoms with Crippen LogP contribution in [0.4, 0.5) is 16.2 Å². The number of hydrogen-bond donors (Lipinski definition) is 3. The van der Waals surface area contributed by atoms with Crippen LogP contribution >= 0.6 is 11.6 Å². The Hall–Kier alpha value is -2.27. The molecule has 2 amide bonds.